The Labute approximate surface area is 179 Å². The minimum absolute atomic E-state index is 0.329. The van der Waals surface area contributed by atoms with E-state index in [1.54, 1.807) is 18.3 Å². The van der Waals surface area contributed by atoms with E-state index in [9.17, 15) is 4.79 Å². The van der Waals surface area contributed by atoms with Gasteiger partial charge in [0.05, 0.1) is 23.0 Å². The van der Waals surface area contributed by atoms with E-state index in [2.05, 4.69) is 34.7 Å². The number of nitrogens with one attached hydrogen (secondary N) is 2. The highest BCUT2D eigenvalue weighted by Crippen LogP contribution is 2.27. The standard InChI is InChI=1S/C23H23N7O/c1-14-10-18-17(12-25-14)21(26-11-15-6-3-2-4-7-15)29-22(28-18)23-27-13-19-16(20(24)31)8-5-9-30(19)23/h2-9,13-14,25H,10-12H2,1H3,(H2,24,31)(H,26,28,29). The number of hydrogen-bond donors (Lipinski definition) is 3. The second-order valence-electron chi connectivity index (χ2n) is 7.77. The zero-order valence-electron chi connectivity index (χ0n) is 17.2. The first-order chi connectivity index (χ1) is 15.1. The average Bonchev–Trinajstić information content (AvgIpc) is 3.22. The molecule has 8 heteroatoms. The molecule has 8 nitrogen and oxygen atoms in total. The lowest BCUT2D eigenvalue weighted by molar-refractivity contribution is 0.100. The molecule has 1 atom stereocenters. The van der Waals surface area contributed by atoms with Gasteiger partial charge in [-0.2, -0.15) is 0 Å². The number of anilines is 1. The number of pyridine rings is 1. The maximum atomic E-state index is 11.8. The number of hydrogen-bond acceptors (Lipinski definition) is 6. The van der Waals surface area contributed by atoms with E-state index in [-0.39, 0.29) is 0 Å². The molecule has 4 heterocycles. The number of fused-ring (bicyclic) bond motifs is 2. The summed E-state index contributed by atoms with van der Waals surface area (Å²) < 4.78 is 1.81. The van der Waals surface area contributed by atoms with Gasteiger partial charge in [0.25, 0.3) is 5.91 Å². The van der Waals surface area contributed by atoms with Crippen LogP contribution in [0.15, 0.2) is 54.9 Å². The fourth-order valence-corrected chi connectivity index (χ4v) is 3.95. The number of rotatable bonds is 5. The summed E-state index contributed by atoms with van der Waals surface area (Å²) in [6, 6.07) is 14.0. The molecule has 1 unspecified atom stereocenters. The van der Waals surface area contributed by atoms with Crippen LogP contribution in [0, 0.1) is 0 Å². The van der Waals surface area contributed by atoms with Gasteiger partial charge in [-0.25, -0.2) is 15.0 Å². The largest absolute Gasteiger partial charge is 0.366 e. The summed E-state index contributed by atoms with van der Waals surface area (Å²) in [7, 11) is 0. The molecule has 3 aromatic heterocycles. The van der Waals surface area contributed by atoms with E-state index in [1.165, 1.54) is 5.56 Å². The molecule has 4 aromatic rings. The monoisotopic (exact) mass is 413 g/mol. The number of benzene rings is 1. The molecule has 0 saturated carbocycles. The number of carbonyl (C=O) groups excluding carboxylic acids is 1. The van der Waals surface area contributed by atoms with Gasteiger partial charge in [0.2, 0.25) is 0 Å². The van der Waals surface area contributed by atoms with Crippen LogP contribution in [0.1, 0.15) is 34.1 Å². The number of primary amides is 1. The molecular formula is C23H23N7O. The molecule has 5 rings (SSSR count). The molecule has 0 spiro atoms. The number of nitrogens with two attached hydrogens (primary N) is 1. The van der Waals surface area contributed by atoms with Crippen LogP contribution in [0.3, 0.4) is 0 Å². The van der Waals surface area contributed by atoms with E-state index < -0.39 is 5.91 Å². The van der Waals surface area contributed by atoms with E-state index in [1.807, 2.05) is 28.8 Å². The van der Waals surface area contributed by atoms with Crippen LogP contribution < -0.4 is 16.4 Å². The molecular weight excluding hydrogens is 390 g/mol. The van der Waals surface area contributed by atoms with Gasteiger partial charge in [-0.15, -0.1) is 0 Å². The Hall–Kier alpha value is -3.78. The predicted molar refractivity (Wildman–Crippen MR) is 119 cm³/mol. The second-order valence-corrected chi connectivity index (χ2v) is 7.77. The summed E-state index contributed by atoms with van der Waals surface area (Å²) in [6.07, 6.45) is 4.29. The van der Waals surface area contributed by atoms with Crippen molar-refractivity contribution in [2.45, 2.75) is 32.5 Å². The van der Waals surface area contributed by atoms with Gasteiger partial charge < -0.3 is 16.4 Å². The van der Waals surface area contributed by atoms with Crippen LogP contribution >= 0.6 is 0 Å². The minimum atomic E-state index is -0.492. The lowest BCUT2D eigenvalue weighted by atomic mass is 10.0. The van der Waals surface area contributed by atoms with E-state index in [0.29, 0.717) is 41.9 Å². The molecule has 1 aliphatic heterocycles. The van der Waals surface area contributed by atoms with E-state index >= 15 is 0 Å². The molecule has 0 saturated heterocycles. The lowest BCUT2D eigenvalue weighted by Crippen LogP contribution is -2.34. The summed E-state index contributed by atoms with van der Waals surface area (Å²) in [5.74, 6) is 1.40. The zero-order chi connectivity index (χ0) is 21.4. The van der Waals surface area contributed by atoms with Crippen LogP contribution in [-0.4, -0.2) is 31.3 Å². The molecule has 156 valence electrons. The molecule has 1 aromatic carbocycles. The number of imidazole rings is 1. The Balaban J connectivity index is 1.59. The van der Waals surface area contributed by atoms with Crippen molar-refractivity contribution in [1.82, 2.24) is 24.7 Å². The third-order valence-corrected chi connectivity index (χ3v) is 5.56. The van der Waals surface area contributed by atoms with Gasteiger partial charge in [-0.1, -0.05) is 30.3 Å². The topological polar surface area (TPSA) is 110 Å². The van der Waals surface area contributed by atoms with Crippen LogP contribution in [0.25, 0.3) is 17.2 Å². The molecule has 0 radical (unpaired) electrons. The summed E-state index contributed by atoms with van der Waals surface area (Å²) in [6.45, 7) is 3.52. The van der Waals surface area contributed by atoms with E-state index in [4.69, 9.17) is 15.7 Å². The summed E-state index contributed by atoms with van der Waals surface area (Å²) >= 11 is 0. The van der Waals surface area contributed by atoms with Crippen LogP contribution in [-0.2, 0) is 19.5 Å². The molecule has 0 bridgehead atoms. The van der Waals surface area contributed by atoms with Crippen molar-refractivity contribution < 1.29 is 4.79 Å². The SMILES string of the molecule is CC1Cc2nc(-c3ncc4c(C(N)=O)cccn34)nc(NCc3ccccc3)c2CN1. The fraction of sp³-hybridized carbons (Fsp3) is 0.217. The van der Waals surface area contributed by atoms with Gasteiger partial charge in [0.1, 0.15) is 5.82 Å². The van der Waals surface area contributed by atoms with Crippen molar-refractivity contribution in [1.29, 1.82) is 0 Å². The molecule has 0 aliphatic carbocycles. The van der Waals surface area contributed by atoms with Gasteiger partial charge in [-0.3, -0.25) is 9.20 Å². The predicted octanol–water partition coefficient (Wildman–Crippen LogP) is 2.54. The van der Waals surface area contributed by atoms with Gasteiger partial charge in [0.15, 0.2) is 11.6 Å². The molecule has 1 aliphatic rings. The average molecular weight is 413 g/mol. The highest BCUT2D eigenvalue weighted by molar-refractivity contribution is 5.99. The van der Waals surface area contributed by atoms with Crippen molar-refractivity contribution in [2.75, 3.05) is 5.32 Å². The Kier molecular flexibility index (Phi) is 4.83. The van der Waals surface area contributed by atoms with Crippen molar-refractivity contribution in [3.63, 3.8) is 0 Å². The molecule has 4 N–H and O–H groups in total. The lowest BCUT2D eigenvalue weighted by Gasteiger charge is -2.25. The first-order valence-corrected chi connectivity index (χ1v) is 10.3. The Morgan fingerprint density at radius 3 is 2.87 bits per heavy atom. The van der Waals surface area contributed by atoms with Crippen molar-refractivity contribution in [3.8, 4) is 11.6 Å². The van der Waals surface area contributed by atoms with Gasteiger partial charge >= 0.3 is 0 Å². The third kappa shape index (κ3) is 3.62. The third-order valence-electron chi connectivity index (χ3n) is 5.56. The van der Waals surface area contributed by atoms with E-state index in [0.717, 1.165) is 23.5 Å². The maximum absolute atomic E-state index is 11.8. The van der Waals surface area contributed by atoms with Crippen molar-refractivity contribution >= 4 is 17.2 Å². The van der Waals surface area contributed by atoms with Gasteiger partial charge in [0, 0.05) is 37.3 Å². The molecule has 1 amide bonds. The Morgan fingerprint density at radius 1 is 1.23 bits per heavy atom. The summed E-state index contributed by atoms with van der Waals surface area (Å²) in [5.41, 5.74) is 9.84. The van der Waals surface area contributed by atoms with Crippen LogP contribution in [0.2, 0.25) is 0 Å². The van der Waals surface area contributed by atoms with Crippen molar-refractivity contribution in [2.24, 2.45) is 5.73 Å². The Morgan fingerprint density at radius 2 is 2.06 bits per heavy atom. The quantitative estimate of drug-likeness (QED) is 0.464. The second kappa shape index (κ2) is 7.81. The van der Waals surface area contributed by atoms with Gasteiger partial charge in [-0.05, 0) is 24.6 Å². The number of carbonyl (C=O) groups is 1. The smallest absolute Gasteiger partial charge is 0.250 e. The summed E-state index contributed by atoms with van der Waals surface area (Å²) in [5, 5.41) is 6.97. The van der Waals surface area contributed by atoms with Crippen LogP contribution in [0.5, 0.6) is 0 Å². The Bertz CT molecular complexity index is 1270. The first-order valence-electron chi connectivity index (χ1n) is 10.3. The number of aromatic nitrogens is 4. The first kappa shape index (κ1) is 19.2. The molecule has 0 fully saturated rings. The van der Waals surface area contributed by atoms with Crippen molar-refractivity contribution in [3.05, 3.63) is 77.2 Å². The highest BCUT2D eigenvalue weighted by atomic mass is 16.1. The maximum Gasteiger partial charge on any atom is 0.250 e. The van der Waals surface area contributed by atoms with Crippen LogP contribution in [0.4, 0.5) is 5.82 Å². The number of nitrogens with zero attached hydrogens (tertiary/aromatic N) is 4. The normalized spacial score (nSPS) is 15.6. The number of amides is 1. The summed E-state index contributed by atoms with van der Waals surface area (Å²) in [4.78, 5) is 26.0. The zero-order valence-corrected chi connectivity index (χ0v) is 17.2. The molecule has 31 heavy (non-hydrogen) atoms. The fourth-order valence-electron chi connectivity index (χ4n) is 3.95. The highest BCUT2D eigenvalue weighted by Gasteiger charge is 2.23. The minimum Gasteiger partial charge on any atom is -0.366 e.